The van der Waals surface area contributed by atoms with Gasteiger partial charge in [0.1, 0.15) is 0 Å². The van der Waals surface area contributed by atoms with Crippen LogP contribution in [0.15, 0.2) is 0 Å². The summed E-state index contributed by atoms with van der Waals surface area (Å²) in [5, 5.41) is 14.3. The van der Waals surface area contributed by atoms with Gasteiger partial charge in [-0.1, -0.05) is 6.92 Å². The third-order valence-electron chi connectivity index (χ3n) is 2.25. The first-order valence-corrected chi connectivity index (χ1v) is 5.20. The van der Waals surface area contributed by atoms with Crippen molar-refractivity contribution in [3.8, 4) is 0 Å². The Morgan fingerprint density at radius 1 is 1.13 bits per heavy atom. The van der Waals surface area contributed by atoms with E-state index >= 15 is 0 Å². The number of anilines is 1. The van der Waals surface area contributed by atoms with Gasteiger partial charge in [0.25, 0.3) is 0 Å². The quantitative estimate of drug-likeness (QED) is 0.749. The molecule has 5 nitrogen and oxygen atoms in total. The van der Waals surface area contributed by atoms with E-state index < -0.39 is 0 Å². The van der Waals surface area contributed by atoms with Gasteiger partial charge in [-0.05, 0) is 33.4 Å². The van der Waals surface area contributed by atoms with Crippen molar-refractivity contribution in [1.82, 2.24) is 20.5 Å². The lowest BCUT2D eigenvalue weighted by molar-refractivity contribution is 0.567. The molecule has 84 valence electrons. The molecular weight excluding hydrogens is 190 g/mol. The summed E-state index contributed by atoms with van der Waals surface area (Å²) in [4.78, 5) is 4.30. The predicted molar refractivity (Wildman–Crippen MR) is 60.9 cm³/mol. The highest BCUT2D eigenvalue weighted by molar-refractivity contribution is 5.24. The second kappa shape index (κ2) is 5.60. The molecule has 0 aromatic carbocycles. The first-order chi connectivity index (χ1) is 7.13. The lowest BCUT2D eigenvalue weighted by Gasteiger charge is -2.11. The molecule has 1 heterocycles. The van der Waals surface area contributed by atoms with Crippen LogP contribution in [0.2, 0.25) is 0 Å². The number of aromatic nitrogens is 3. The largest absolute Gasteiger partial charge is 0.353 e. The predicted octanol–water partition coefficient (Wildman–Crippen LogP) is 0.756. The molecule has 0 amide bonds. The molecule has 0 aliphatic heterocycles. The van der Waals surface area contributed by atoms with E-state index in [-0.39, 0.29) is 0 Å². The average molecular weight is 209 g/mol. The molecule has 0 saturated carbocycles. The summed E-state index contributed by atoms with van der Waals surface area (Å²) in [7, 11) is 1.95. The van der Waals surface area contributed by atoms with Crippen molar-refractivity contribution in [3.63, 3.8) is 0 Å². The molecule has 1 rings (SSSR count). The van der Waals surface area contributed by atoms with Gasteiger partial charge in [0.2, 0.25) is 5.95 Å². The number of rotatable bonds is 5. The molecule has 0 aliphatic rings. The van der Waals surface area contributed by atoms with Crippen molar-refractivity contribution in [3.05, 3.63) is 11.4 Å². The highest BCUT2D eigenvalue weighted by Gasteiger charge is 2.03. The lowest BCUT2D eigenvalue weighted by atomic mass is 10.2. The number of hydrogen-bond acceptors (Lipinski definition) is 5. The van der Waals surface area contributed by atoms with E-state index in [1.165, 1.54) is 0 Å². The van der Waals surface area contributed by atoms with Gasteiger partial charge in [-0.15, -0.1) is 5.10 Å². The van der Waals surface area contributed by atoms with Gasteiger partial charge >= 0.3 is 0 Å². The fraction of sp³-hybridized carbons (Fsp3) is 0.700. The fourth-order valence-electron chi connectivity index (χ4n) is 1.22. The summed E-state index contributed by atoms with van der Waals surface area (Å²) in [5.74, 6) is 1.15. The Balaban J connectivity index is 2.47. The Morgan fingerprint density at radius 3 is 2.47 bits per heavy atom. The molecule has 1 atom stereocenters. The van der Waals surface area contributed by atoms with Crippen molar-refractivity contribution < 1.29 is 0 Å². The maximum absolute atomic E-state index is 4.30. The van der Waals surface area contributed by atoms with Crippen LogP contribution in [0.1, 0.15) is 18.3 Å². The van der Waals surface area contributed by atoms with Crippen LogP contribution in [0, 0.1) is 19.8 Å². The van der Waals surface area contributed by atoms with Gasteiger partial charge in [-0.3, -0.25) is 0 Å². The second-order valence-corrected chi connectivity index (χ2v) is 3.85. The minimum absolute atomic E-state index is 0.542. The SMILES string of the molecule is CNCC(C)CNc1nnc(C)c(C)n1. The third-order valence-corrected chi connectivity index (χ3v) is 2.25. The van der Waals surface area contributed by atoms with E-state index in [1.807, 2.05) is 20.9 Å². The topological polar surface area (TPSA) is 62.7 Å². The van der Waals surface area contributed by atoms with Crippen LogP contribution in [0.25, 0.3) is 0 Å². The number of hydrogen-bond donors (Lipinski definition) is 2. The van der Waals surface area contributed by atoms with Gasteiger partial charge in [0.05, 0.1) is 11.4 Å². The highest BCUT2D eigenvalue weighted by atomic mass is 15.2. The van der Waals surface area contributed by atoms with E-state index in [4.69, 9.17) is 0 Å². The smallest absolute Gasteiger partial charge is 0.242 e. The van der Waals surface area contributed by atoms with Gasteiger partial charge in [0, 0.05) is 6.54 Å². The molecule has 1 aromatic rings. The van der Waals surface area contributed by atoms with Crippen LogP contribution in [0.4, 0.5) is 5.95 Å². The Labute approximate surface area is 90.7 Å². The molecule has 0 saturated heterocycles. The number of nitrogens with one attached hydrogen (secondary N) is 2. The second-order valence-electron chi connectivity index (χ2n) is 3.85. The maximum atomic E-state index is 4.30. The lowest BCUT2D eigenvalue weighted by Crippen LogP contribution is -2.23. The zero-order valence-corrected chi connectivity index (χ0v) is 9.83. The van der Waals surface area contributed by atoms with Crippen molar-refractivity contribution in [1.29, 1.82) is 0 Å². The summed E-state index contributed by atoms with van der Waals surface area (Å²) >= 11 is 0. The molecule has 0 bridgehead atoms. The van der Waals surface area contributed by atoms with E-state index in [2.05, 4.69) is 32.7 Å². The van der Waals surface area contributed by atoms with E-state index in [1.54, 1.807) is 0 Å². The molecule has 0 spiro atoms. The summed E-state index contributed by atoms with van der Waals surface area (Å²) in [5.41, 5.74) is 1.80. The molecule has 1 unspecified atom stereocenters. The molecule has 2 N–H and O–H groups in total. The number of aryl methyl sites for hydroxylation is 2. The van der Waals surface area contributed by atoms with Crippen molar-refractivity contribution in [2.75, 3.05) is 25.5 Å². The molecular formula is C10H19N5. The summed E-state index contributed by atoms with van der Waals surface area (Å²) in [6.07, 6.45) is 0. The normalized spacial score (nSPS) is 12.5. The fourth-order valence-corrected chi connectivity index (χ4v) is 1.22. The number of nitrogens with zero attached hydrogens (tertiary/aromatic N) is 3. The Bertz CT molecular complexity index is 313. The minimum Gasteiger partial charge on any atom is -0.353 e. The summed E-state index contributed by atoms with van der Waals surface area (Å²) in [6.45, 7) is 7.84. The van der Waals surface area contributed by atoms with Crippen LogP contribution >= 0.6 is 0 Å². The summed E-state index contributed by atoms with van der Waals surface area (Å²) < 4.78 is 0. The van der Waals surface area contributed by atoms with Gasteiger partial charge in [-0.25, -0.2) is 4.98 Å². The van der Waals surface area contributed by atoms with E-state index in [9.17, 15) is 0 Å². The molecule has 5 heteroatoms. The van der Waals surface area contributed by atoms with Crippen LogP contribution < -0.4 is 10.6 Å². The Kier molecular flexibility index (Phi) is 4.42. The van der Waals surface area contributed by atoms with Gasteiger partial charge in [-0.2, -0.15) is 5.10 Å². The maximum Gasteiger partial charge on any atom is 0.242 e. The Morgan fingerprint density at radius 2 is 1.87 bits per heavy atom. The zero-order valence-electron chi connectivity index (χ0n) is 9.83. The van der Waals surface area contributed by atoms with Gasteiger partial charge in [0.15, 0.2) is 0 Å². The van der Waals surface area contributed by atoms with Gasteiger partial charge < -0.3 is 10.6 Å². The van der Waals surface area contributed by atoms with Crippen molar-refractivity contribution in [2.45, 2.75) is 20.8 Å². The average Bonchev–Trinajstić information content (AvgIpc) is 2.20. The molecule has 0 fully saturated rings. The first kappa shape index (κ1) is 11.8. The van der Waals surface area contributed by atoms with Crippen LogP contribution in [0.5, 0.6) is 0 Å². The molecule has 1 aromatic heterocycles. The van der Waals surface area contributed by atoms with E-state index in [0.717, 1.165) is 24.5 Å². The van der Waals surface area contributed by atoms with Crippen LogP contribution in [-0.2, 0) is 0 Å². The standard InChI is InChI=1S/C10H19N5/c1-7(5-11-4)6-12-10-13-8(2)9(3)14-15-10/h7,11H,5-6H2,1-4H3,(H,12,13,15). The highest BCUT2D eigenvalue weighted by Crippen LogP contribution is 2.02. The molecule has 0 aliphatic carbocycles. The van der Waals surface area contributed by atoms with E-state index in [0.29, 0.717) is 11.9 Å². The first-order valence-electron chi connectivity index (χ1n) is 5.20. The van der Waals surface area contributed by atoms with Crippen LogP contribution in [-0.4, -0.2) is 35.3 Å². The molecule has 0 radical (unpaired) electrons. The van der Waals surface area contributed by atoms with Crippen LogP contribution in [0.3, 0.4) is 0 Å². The monoisotopic (exact) mass is 209 g/mol. The summed E-state index contributed by atoms with van der Waals surface area (Å²) in [6, 6.07) is 0. The van der Waals surface area contributed by atoms with Crippen molar-refractivity contribution >= 4 is 5.95 Å². The third kappa shape index (κ3) is 3.79. The Hall–Kier alpha value is -1.23. The molecule has 15 heavy (non-hydrogen) atoms. The minimum atomic E-state index is 0.542. The van der Waals surface area contributed by atoms with Crippen molar-refractivity contribution in [2.24, 2.45) is 5.92 Å². The zero-order chi connectivity index (χ0) is 11.3.